The van der Waals surface area contributed by atoms with Crippen LogP contribution in [0, 0.1) is 0 Å². The number of esters is 1. The standard InChI is InChI=1S/C20H15BrN2O6/c1-11(24)29-16-8-3-12(10-17(16)28-2)9-15-18(25)22-20(27)23(19(15)26)14-6-4-13(21)5-7-14/h3-10H,1-2H3,(H,22,25,27)/b15-9-. The quantitative estimate of drug-likeness (QED) is 0.327. The number of barbiturate groups is 1. The molecule has 1 saturated heterocycles. The lowest BCUT2D eigenvalue weighted by atomic mass is 10.1. The van der Waals surface area contributed by atoms with Crippen molar-refractivity contribution in [2.24, 2.45) is 0 Å². The van der Waals surface area contributed by atoms with E-state index in [1.165, 1.54) is 32.2 Å². The highest BCUT2D eigenvalue weighted by molar-refractivity contribution is 9.10. The molecule has 8 nitrogen and oxygen atoms in total. The molecule has 29 heavy (non-hydrogen) atoms. The fourth-order valence-corrected chi connectivity index (χ4v) is 2.93. The minimum absolute atomic E-state index is 0.202. The third kappa shape index (κ3) is 4.35. The Balaban J connectivity index is 1.98. The van der Waals surface area contributed by atoms with E-state index in [0.29, 0.717) is 11.3 Å². The summed E-state index contributed by atoms with van der Waals surface area (Å²) in [6.07, 6.45) is 1.33. The summed E-state index contributed by atoms with van der Waals surface area (Å²) in [5, 5.41) is 2.16. The SMILES string of the molecule is COc1cc(/C=C2/C(=O)NC(=O)N(c3ccc(Br)cc3)C2=O)ccc1OC(C)=O. The van der Waals surface area contributed by atoms with Gasteiger partial charge in [-0.25, -0.2) is 9.69 Å². The lowest BCUT2D eigenvalue weighted by molar-refractivity contribution is -0.132. The second-order valence-electron chi connectivity index (χ2n) is 5.94. The van der Waals surface area contributed by atoms with E-state index < -0.39 is 23.8 Å². The molecule has 1 fully saturated rings. The first kappa shape index (κ1) is 20.3. The number of imide groups is 2. The maximum Gasteiger partial charge on any atom is 0.335 e. The van der Waals surface area contributed by atoms with Crippen molar-refractivity contribution in [1.29, 1.82) is 0 Å². The van der Waals surface area contributed by atoms with Gasteiger partial charge in [-0.1, -0.05) is 22.0 Å². The summed E-state index contributed by atoms with van der Waals surface area (Å²) in [5.41, 5.74) is 0.535. The van der Waals surface area contributed by atoms with E-state index >= 15 is 0 Å². The maximum atomic E-state index is 12.9. The van der Waals surface area contributed by atoms with Crippen molar-refractivity contribution in [1.82, 2.24) is 5.32 Å². The summed E-state index contributed by atoms with van der Waals surface area (Å²) in [5.74, 6) is -1.63. The van der Waals surface area contributed by atoms with Gasteiger partial charge in [-0.3, -0.25) is 19.7 Å². The Morgan fingerprint density at radius 3 is 2.38 bits per heavy atom. The molecule has 2 aromatic rings. The van der Waals surface area contributed by atoms with Crippen molar-refractivity contribution in [2.45, 2.75) is 6.92 Å². The fraction of sp³-hybridized carbons (Fsp3) is 0.100. The number of carbonyl (C=O) groups is 4. The number of methoxy groups -OCH3 is 1. The molecule has 2 aromatic carbocycles. The number of hydrogen-bond acceptors (Lipinski definition) is 6. The Kier molecular flexibility index (Phi) is 5.79. The van der Waals surface area contributed by atoms with Crippen LogP contribution < -0.4 is 19.7 Å². The molecule has 1 N–H and O–H groups in total. The van der Waals surface area contributed by atoms with E-state index in [-0.39, 0.29) is 17.1 Å². The molecule has 4 amide bonds. The molecule has 1 aliphatic heterocycles. The highest BCUT2D eigenvalue weighted by atomic mass is 79.9. The number of hydrogen-bond donors (Lipinski definition) is 1. The van der Waals surface area contributed by atoms with E-state index in [1.54, 1.807) is 30.3 Å². The van der Waals surface area contributed by atoms with Crippen LogP contribution in [0.5, 0.6) is 11.5 Å². The summed E-state index contributed by atoms with van der Waals surface area (Å²) in [7, 11) is 1.39. The predicted molar refractivity (Wildman–Crippen MR) is 107 cm³/mol. The second kappa shape index (κ2) is 8.27. The van der Waals surface area contributed by atoms with Crippen molar-refractivity contribution in [3.8, 4) is 11.5 Å². The second-order valence-corrected chi connectivity index (χ2v) is 6.85. The lowest BCUT2D eigenvalue weighted by Crippen LogP contribution is -2.54. The van der Waals surface area contributed by atoms with Crippen molar-refractivity contribution >= 4 is 51.5 Å². The number of amides is 4. The summed E-state index contributed by atoms with van der Waals surface area (Å²) < 4.78 is 11.0. The van der Waals surface area contributed by atoms with Crippen LogP contribution in [0.4, 0.5) is 10.5 Å². The Morgan fingerprint density at radius 1 is 1.07 bits per heavy atom. The molecule has 9 heteroatoms. The Labute approximate surface area is 174 Å². The van der Waals surface area contributed by atoms with Gasteiger partial charge in [0.1, 0.15) is 5.57 Å². The zero-order valence-electron chi connectivity index (χ0n) is 15.4. The van der Waals surface area contributed by atoms with Crippen LogP contribution in [0.2, 0.25) is 0 Å². The van der Waals surface area contributed by atoms with Gasteiger partial charge in [0.2, 0.25) is 0 Å². The van der Waals surface area contributed by atoms with Gasteiger partial charge in [0.15, 0.2) is 11.5 Å². The Bertz CT molecular complexity index is 1050. The van der Waals surface area contributed by atoms with E-state index in [4.69, 9.17) is 9.47 Å². The van der Waals surface area contributed by atoms with Gasteiger partial charge in [-0.15, -0.1) is 0 Å². The van der Waals surface area contributed by atoms with Crippen LogP contribution in [-0.4, -0.2) is 30.9 Å². The minimum atomic E-state index is -0.831. The molecule has 0 atom stereocenters. The monoisotopic (exact) mass is 458 g/mol. The Hall–Kier alpha value is -3.46. The highest BCUT2D eigenvalue weighted by Gasteiger charge is 2.36. The highest BCUT2D eigenvalue weighted by Crippen LogP contribution is 2.30. The number of urea groups is 1. The average molecular weight is 459 g/mol. The van der Waals surface area contributed by atoms with Crippen molar-refractivity contribution < 1.29 is 28.7 Å². The van der Waals surface area contributed by atoms with Crippen LogP contribution >= 0.6 is 15.9 Å². The zero-order valence-corrected chi connectivity index (χ0v) is 17.0. The molecule has 0 saturated carbocycles. The molecule has 0 radical (unpaired) electrons. The summed E-state index contributed by atoms with van der Waals surface area (Å²) in [4.78, 5) is 49.4. The first-order chi connectivity index (χ1) is 13.8. The lowest BCUT2D eigenvalue weighted by Gasteiger charge is -2.26. The largest absolute Gasteiger partial charge is 0.493 e. The van der Waals surface area contributed by atoms with Gasteiger partial charge in [0.05, 0.1) is 12.8 Å². The summed E-state index contributed by atoms with van der Waals surface area (Å²) >= 11 is 3.29. The molecule has 0 bridgehead atoms. The van der Waals surface area contributed by atoms with E-state index in [9.17, 15) is 19.2 Å². The molecule has 0 unspecified atom stereocenters. The first-order valence-corrected chi connectivity index (χ1v) is 9.13. The predicted octanol–water partition coefficient (Wildman–Crippen LogP) is 3.05. The average Bonchev–Trinajstić information content (AvgIpc) is 2.67. The third-order valence-electron chi connectivity index (χ3n) is 3.94. The van der Waals surface area contributed by atoms with Crippen molar-refractivity contribution in [3.05, 3.63) is 58.1 Å². The molecule has 3 rings (SSSR count). The molecular formula is C20H15BrN2O6. The van der Waals surface area contributed by atoms with Crippen LogP contribution in [0.15, 0.2) is 52.5 Å². The normalized spacial score (nSPS) is 15.3. The minimum Gasteiger partial charge on any atom is -0.493 e. The van der Waals surface area contributed by atoms with Gasteiger partial charge in [-0.05, 0) is 48.0 Å². The van der Waals surface area contributed by atoms with Gasteiger partial charge < -0.3 is 9.47 Å². The van der Waals surface area contributed by atoms with Gasteiger partial charge >= 0.3 is 12.0 Å². The van der Waals surface area contributed by atoms with Crippen LogP contribution in [0.25, 0.3) is 6.08 Å². The first-order valence-electron chi connectivity index (χ1n) is 8.33. The number of nitrogens with one attached hydrogen (secondary N) is 1. The number of carbonyl (C=O) groups excluding carboxylic acids is 4. The number of rotatable bonds is 4. The number of halogens is 1. The summed E-state index contributed by atoms with van der Waals surface area (Å²) in [6.45, 7) is 1.26. The van der Waals surface area contributed by atoms with Crippen LogP contribution in [0.1, 0.15) is 12.5 Å². The fourth-order valence-electron chi connectivity index (χ4n) is 2.66. The van der Waals surface area contributed by atoms with Crippen molar-refractivity contribution in [3.63, 3.8) is 0 Å². The number of anilines is 1. The zero-order chi connectivity index (χ0) is 21.1. The van der Waals surface area contributed by atoms with E-state index in [2.05, 4.69) is 21.2 Å². The number of benzene rings is 2. The van der Waals surface area contributed by atoms with Crippen LogP contribution in [-0.2, 0) is 14.4 Å². The molecular weight excluding hydrogens is 444 g/mol. The Morgan fingerprint density at radius 2 is 1.76 bits per heavy atom. The van der Waals surface area contributed by atoms with Gasteiger partial charge in [0, 0.05) is 11.4 Å². The molecule has 0 aliphatic carbocycles. The van der Waals surface area contributed by atoms with E-state index in [1.807, 2.05) is 0 Å². The number of ether oxygens (including phenoxy) is 2. The maximum absolute atomic E-state index is 12.9. The molecule has 1 aliphatic rings. The molecule has 148 valence electrons. The third-order valence-corrected chi connectivity index (χ3v) is 4.47. The molecule has 0 aromatic heterocycles. The van der Waals surface area contributed by atoms with Crippen LogP contribution in [0.3, 0.4) is 0 Å². The topological polar surface area (TPSA) is 102 Å². The molecule has 1 heterocycles. The van der Waals surface area contributed by atoms with Gasteiger partial charge in [-0.2, -0.15) is 0 Å². The van der Waals surface area contributed by atoms with Gasteiger partial charge in [0.25, 0.3) is 11.8 Å². The molecule has 0 spiro atoms. The van der Waals surface area contributed by atoms with Crippen molar-refractivity contribution in [2.75, 3.05) is 12.0 Å². The number of nitrogens with zero attached hydrogens (tertiary/aromatic N) is 1. The smallest absolute Gasteiger partial charge is 0.335 e. The van der Waals surface area contributed by atoms with E-state index in [0.717, 1.165) is 9.37 Å². The summed E-state index contributed by atoms with van der Waals surface area (Å²) in [6, 6.07) is 10.2.